The monoisotopic (exact) mass is 339 g/mol. The number of hydrogen-bond acceptors (Lipinski definition) is 3. The number of para-hydroxylation sites is 2. The lowest BCUT2D eigenvalue weighted by molar-refractivity contribution is -0.117. The maximum Gasteiger partial charge on any atom is 0.327 e. The van der Waals surface area contributed by atoms with Crippen LogP contribution in [0, 0.1) is 0 Å². The van der Waals surface area contributed by atoms with Gasteiger partial charge in [0.1, 0.15) is 11.8 Å². The highest BCUT2D eigenvalue weighted by molar-refractivity contribution is 6.14. The Bertz CT molecular complexity index is 774. The van der Waals surface area contributed by atoms with Crippen molar-refractivity contribution >= 4 is 29.0 Å². The van der Waals surface area contributed by atoms with E-state index >= 15 is 0 Å². The summed E-state index contributed by atoms with van der Waals surface area (Å²) in [6.45, 7) is 1.99. The number of urea groups is 1. The third kappa shape index (κ3) is 3.42. The van der Waals surface area contributed by atoms with Gasteiger partial charge in [-0.3, -0.25) is 9.69 Å². The summed E-state index contributed by atoms with van der Waals surface area (Å²) in [6, 6.07) is 13.5. The first kappa shape index (κ1) is 16.8. The van der Waals surface area contributed by atoms with Crippen LogP contribution < -0.4 is 20.3 Å². The quantitative estimate of drug-likeness (QED) is 0.889. The van der Waals surface area contributed by atoms with Crippen molar-refractivity contribution in [2.24, 2.45) is 0 Å². The van der Waals surface area contributed by atoms with Gasteiger partial charge in [0.2, 0.25) is 5.91 Å². The third-order valence-corrected chi connectivity index (χ3v) is 4.16. The predicted molar refractivity (Wildman–Crippen MR) is 98.3 cm³/mol. The zero-order chi connectivity index (χ0) is 17.8. The van der Waals surface area contributed by atoms with Crippen molar-refractivity contribution in [1.82, 2.24) is 0 Å². The minimum Gasteiger partial charge on any atom is -0.497 e. The molecule has 1 aliphatic rings. The molecule has 0 radical (unpaired) electrons. The topological polar surface area (TPSA) is 70.7 Å². The summed E-state index contributed by atoms with van der Waals surface area (Å²) >= 11 is 0. The van der Waals surface area contributed by atoms with E-state index in [0.29, 0.717) is 29.2 Å². The van der Waals surface area contributed by atoms with Crippen molar-refractivity contribution in [3.8, 4) is 5.75 Å². The summed E-state index contributed by atoms with van der Waals surface area (Å²) in [5, 5.41) is 5.75. The number of benzene rings is 2. The molecule has 0 bridgehead atoms. The van der Waals surface area contributed by atoms with E-state index < -0.39 is 6.04 Å². The Kier molecular flexibility index (Phi) is 4.88. The Hall–Kier alpha value is -3.02. The van der Waals surface area contributed by atoms with Gasteiger partial charge in [-0.2, -0.15) is 0 Å². The molecule has 0 aliphatic carbocycles. The summed E-state index contributed by atoms with van der Waals surface area (Å²) in [7, 11) is 1.59. The number of nitrogens with one attached hydrogen (secondary N) is 2. The van der Waals surface area contributed by atoms with Gasteiger partial charge in [0.25, 0.3) is 0 Å². The molecule has 130 valence electrons. The van der Waals surface area contributed by atoms with Crippen LogP contribution in [0.3, 0.4) is 0 Å². The number of ether oxygens (including phenoxy) is 1. The van der Waals surface area contributed by atoms with E-state index in [-0.39, 0.29) is 11.9 Å². The molecule has 0 fully saturated rings. The molecule has 0 unspecified atom stereocenters. The fraction of sp³-hybridized carbons (Fsp3) is 0.263. The van der Waals surface area contributed by atoms with Crippen LogP contribution in [0.25, 0.3) is 0 Å². The second-order valence-electron chi connectivity index (χ2n) is 5.84. The summed E-state index contributed by atoms with van der Waals surface area (Å²) in [6.07, 6.45) is 1.39. The van der Waals surface area contributed by atoms with Crippen LogP contribution in [0.5, 0.6) is 5.75 Å². The van der Waals surface area contributed by atoms with E-state index in [1.807, 2.05) is 25.1 Å². The van der Waals surface area contributed by atoms with Gasteiger partial charge in [0.15, 0.2) is 0 Å². The van der Waals surface area contributed by atoms with E-state index in [1.54, 1.807) is 42.3 Å². The Labute approximate surface area is 146 Å². The number of rotatable bonds is 4. The molecule has 0 aromatic heterocycles. The van der Waals surface area contributed by atoms with E-state index in [0.717, 1.165) is 6.42 Å². The van der Waals surface area contributed by atoms with Gasteiger partial charge >= 0.3 is 6.03 Å². The summed E-state index contributed by atoms with van der Waals surface area (Å²) in [5.74, 6) is 0.551. The molecule has 2 N–H and O–H groups in total. The van der Waals surface area contributed by atoms with Crippen molar-refractivity contribution in [2.75, 3.05) is 22.6 Å². The number of methoxy groups -OCH3 is 1. The Morgan fingerprint density at radius 2 is 1.92 bits per heavy atom. The minimum atomic E-state index is -0.529. The molecule has 1 heterocycles. The fourth-order valence-corrected chi connectivity index (χ4v) is 2.93. The van der Waals surface area contributed by atoms with Crippen LogP contribution in [-0.4, -0.2) is 25.1 Å². The molecular formula is C19H21N3O3. The average Bonchev–Trinajstić information content (AvgIpc) is 2.63. The SMILES string of the molecule is CCC[C@H]1C(=O)Nc2ccccc2N1C(=O)Nc1ccc(OC)cc1. The second kappa shape index (κ2) is 7.25. The molecule has 25 heavy (non-hydrogen) atoms. The van der Waals surface area contributed by atoms with Crippen LogP contribution in [-0.2, 0) is 4.79 Å². The van der Waals surface area contributed by atoms with E-state index in [4.69, 9.17) is 4.74 Å². The summed E-state index contributed by atoms with van der Waals surface area (Å²) in [5.41, 5.74) is 1.99. The molecule has 3 amide bonds. The fourth-order valence-electron chi connectivity index (χ4n) is 2.93. The summed E-state index contributed by atoms with van der Waals surface area (Å²) < 4.78 is 5.12. The second-order valence-corrected chi connectivity index (χ2v) is 5.84. The molecular weight excluding hydrogens is 318 g/mol. The van der Waals surface area contributed by atoms with E-state index in [2.05, 4.69) is 10.6 Å². The number of amides is 3. The predicted octanol–water partition coefficient (Wildman–Crippen LogP) is 3.85. The first-order valence-corrected chi connectivity index (χ1v) is 8.28. The lowest BCUT2D eigenvalue weighted by atomic mass is 10.0. The zero-order valence-corrected chi connectivity index (χ0v) is 14.3. The normalized spacial score (nSPS) is 16.0. The number of carbonyl (C=O) groups is 2. The molecule has 1 atom stereocenters. The highest BCUT2D eigenvalue weighted by atomic mass is 16.5. The van der Waals surface area contributed by atoms with E-state index in [1.165, 1.54) is 0 Å². The Morgan fingerprint density at radius 1 is 1.20 bits per heavy atom. The van der Waals surface area contributed by atoms with Crippen molar-refractivity contribution in [2.45, 2.75) is 25.8 Å². The van der Waals surface area contributed by atoms with Gasteiger partial charge < -0.3 is 15.4 Å². The Morgan fingerprint density at radius 3 is 2.60 bits per heavy atom. The molecule has 1 aliphatic heterocycles. The first-order valence-electron chi connectivity index (χ1n) is 8.28. The molecule has 0 saturated carbocycles. The Balaban J connectivity index is 1.90. The largest absolute Gasteiger partial charge is 0.497 e. The molecule has 6 heteroatoms. The first-order chi connectivity index (χ1) is 12.1. The average molecular weight is 339 g/mol. The standard InChI is InChI=1S/C19H21N3O3/c1-3-6-17-18(23)21-15-7-4-5-8-16(15)22(17)19(24)20-13-9-11-14(25-2)12-10-13/h4-5,7-12,17H,3,6H2,1-2H3,(H,20,24)(H,21,23)/t17-/m0/s1. The van der Waals surface area contributed by atoms with Crippen LogP contribution in [0.4, 0.5) is 21.9 Å². The molecule has 2 aromatic rings. The molecule has 0 spiro atoms. The molecule has 0 saturated heterocycles. The summed E-state index contributed by atoms with van der Waals surface area (Å²) in [4.78, 5) is 26.9. The number of fused-ring (bicyclic) bond motifs is 1. The van der Waals surface area contributed by atoms with Gasteiger partial charge in [-0.1, -0.05) is 25.5 Å². The lowest BCUT2D eigenvalue weighted by Gasteiger charge is -2.36. The molecule has 6 nitrogen and oxygen atoms in total. The number of anilines is 3. The van der Waals surface area contributed by atoms with Gasteiger partial charge in [0.05, 0.1) is 18.5 Å². The zero-order valence-electron chi connectivity index (χ0n) is 14.3. The third-order valence-electron chi connectivity index (χ3n) is 4.16. The van der Waals surface area contributed by atoms with Crippen LogP contribution in [0.15, 0.2) is 48.5 Å². The van der Waals surface area contributed by atoms with Gasteiger partial charge in [-0.05, 0) is 42.8 Å². The van der Waals surface area contributed by atoms with Crippen molar-refractivity contribution in [3.05, 3.63) is 48.5 Å². The highest BCUT2D eigenvalue weighted by Crippen LogP contribution is 2.33. The van der Waals surface area contributed by atoms with Crippen LogP contribution in [0.2, 0.25) is 0 Å². The van der Waals surface area contributed by atoms with Gasteiger partial charge in [-0.15, -0.1) is 0 Å². The van der Waals surface area contributed by atoms with Crippen molar-refractivity contribution in [3.63, 3.8) is 0 Å². The number of nitrogens with zero attached hydrogens (tertiary/aromatic N) is 1. The lowest BCUT2D eigenvalue weighted by Crippen LogP contribution is -2.52. The smallest absolute Gasteiger partial charge is 0.327 e. The molecule has 3 rings (SSSR count). The van der Waals surface area contributed by atoms with Crippen LogP contribution in [0.1, 0.15) is 19.8 Å². The maximum absolute atomic E-state index is 12.9. The number of hydrogen-bond donors (Lipinski definition) is 2. The highest BCUT2D eigenvalue weighted by Gasteiger charge is 2.36. The van der Waals surface area contributed by atoms with E-state index in [9.17, 15) is 9.59 Å². The van der Waals surface area contributed by atoms with Crippen molar-refractivity contribution < 1.29 is 14.3 Å². The maximum atomic E-state index is 12.9. The van der Waals surface area contributed by atoms with Gasteiger partial charge in [0, 0.05) is 5.69 Å². The number of carbonyl (C=O) groups excluding carboxylic acids is 2. The minimum absolute atomic E-state index is 0.162. The van der Waals surface area contributed by atoms with Crippen molar-refractivity contribution in [1.29, 1.82) is 0 Å². The molecule has 2 aromatic carbocycles. The van der Waals surface area contributed by atoms with Crippen LogP contribution >= 0.6 is 0 Å². The van der Waals surface area contributed by atoms with Gasteiger partial charge in [-0.25, -0.2) is 4.79 Å².